The molecule has 1 aromatic rings. The first-order valence-electron chi connectivity index (χ1n) is 6.37. The van der Waals surface area contributed by atoms with Crippen LogP contribution in [0.4, 0.5) is 5.69 Å². The molecule has 0 radical (unpaired) electrons. The largest absolute Gasteiger partial charge is 0.464 e. The summed E-state index contributed by atoms with van der Waals surface area (Å²) in [4.78, 5) is 12.0. The van der Waals surface area contributed by atoms with Gasteiger partial charge in [-0.25, -0.2) is 4.79 Å². The van der Waals surface area contributed by atoms with Crippen molar-refractivity contribution in [2.24, 2.45) is 5.92 Å². The number of benzene rings is 1. The Bertz CT molecular complexity index is 439. The number of hydrogen-bond acceptors (Lipinski definition) is 3. The molecule has 1 N–H and O–H groups in total. The highest BCUT2D eigenvalue weighted by Gasteiger charge is 2.25. The van der Waals surface area contributed by atoms with Gasteiger partial charge in [0.15, 0.2) is 0 Å². The lowest BCUT2D eigenvalue weighted by atomic mass is 9.99. The summed E-state index contributed by atoms with van der Waals surface area (Å²) in [6.07, 6.45) is 0.894. The maximum absolute atomic E-state index is 12.0. The molecule has 0 saturated carbocycles. The minimum absolute atomic E-state index is 0.188. The van der Waals surface area contributed by atoms with Crippen LogP contribution in [0.15, 0.2) is 22.7 Å². The maximum atomic E-state index is 12.0. The van der Waals surface area contributed by atoms with Crippen LogP contribution in [0.3, 0.4) is 0 Å². The van der Waals surface area contributed by atoms with E-state index in [1.54, 1.807) is 6.07 Å². The summed E-state index contributed by atoms with van der Waals surface area (Å²) in [5.41, 5.74) is 0.842. The zero-order valence-electron chi connectivity index (χ0n) is 11.4. The highest BCUT2D eigenvalue weighted by Crippen LogP contribution is 2.27. The number of esters is 1. The van der Waals surface area contributed by atoms with Gasteiger partial charge in [-0.2, -0.15) is 0 Å². The summed E-state index contributed by atoms with van der Waals surface area (Å²) in [6, 6.07) is 5.14. The summed E-state index contributed by atoms with van der Waals surface area (Å²) in [5.74, 6) is -0.0311. The van der Waals surface area contributed by atoms with Gasteiger partial charge >= 0.3 is 5.97 Å². The van der Waals surface area contributed by atoms with Crippen LogP contribution < -0.4 is 5.32 Å². The molecule has 0 amide bonds. The zero-order valence-corrected chi connectivity index (χ0v) is 13.7. The maximum Gasteiger partial charge on any atom is 0.328 e. The van der Waals surface area contributed by atoms with Crippen molar-refractivity contribution in [1.82, 2.24) is 0 Å². The molecular formula is C14H19BrClNO2. The Kier molecular flexibility index (Phi) is 6.66. The third-order valence-electron chi connectivity index (χ3n) is 3.00. The van der Waals surface area contributed by atoms with Gasteiger partial charge in [0, 0.05) is 10.2 Å². The minimum Gasteiger partial charge on any atom is -0.464 e. The van der Waals surface area contributed by atoms with Gasteiger partial charge in [-0.05, 0) is 47.0 Å². The topological polar surface area (TPSA) is 38.3 Å². The average Bonchev–Trinajstić information content (AvgIpc) is 2.39. The molecule has 2 unspecified atom stereocenters. The van der Waals surface area contributed by atoms with Gasteiger partial charge in [0.1, 0.15) is 6.04 Å². The first-order chi connectivity index (χ1) is 8.99. The number of carbonyl (C=O) groups is 1. The number of hydrogen-bond donors (Lipinski definition) is 1. The molecule has 5 heteroatoms. The molecule has 0 aromatic heterocycles. The van der Waals surface area contributed by atoms with E-state index in [9.17, 15) is 4.79 Å². The van der Waals surface area contributed by atoms with Crippen LogP contribution in [-0.4, -0.2) is 18.6 Å². The second-order valence-corrected chi connectivity index (χ2v) is 5.65. The van der Waals surface area contributed by atoms with Crippen molar-refractivity contribution in [2.45, 2.75) is 33.2 Å². The number of anilines is 1. The molecule has 0 aliphatic rings. The Morgan fingerprint density at radius 3 is 2.68 bits per heavy atom. The molecule has 0 heterocycles. The van der Waals surface area contributed by atoms with E-state index in [0.717, 1.165) is 16.6 Å². The van der Waals surface area contributed by atoms with E-state index in [0.29, 0.717) is 11.6 Å². The predicted molar refractivity (Wildman–Crippen MR) is 82.7 cm³/mol. The van der Waals surface area contributed by atoms with Crippen LogP contribution in [0.5, 0.6) is 0 Å². The minimum atomic E-state index is -0.349. The summed E-state index contributed by atoms with van der Waals surface area (Å²) in [7, 11) is 0. The van der Waals surface area contributed by atoms with E-state index >= 15 is 0 Å². The van der Waals surface area contributed by atoms with Crippen LogP contribution in [-0.2, 0) is 9.53 Å². The summed E-state index contributed by atoms with van der Waals surface area (Å²) < 4.78 is 5.91. The van der Waals surface area contributed by atoms with Crippen molar-refractivity contribution in [3.8, 4) is 0 Å². The molecule has 0 spiro atoms. The molecule has 0 aliphatic carbocycles. The number of carbonyl (C=O) groups excluding carboxylic acids is 1. The van der Waals surface area contributed by atoms with E-state index in [4.69, 9.17) is 16.3 Å². The van der Waals surface area contributed by atoms with E-state index < -0.39 is 0 Å². The molecule has 0 aliphatic heterocycles. The molecule has 0 saturated heterocycles. The van der Waals surface area contributed by atoms with Gasteiger partial charge < -0.3 is 10.1 Å². The quantitative estimate of drug-likeness (QED) is 0.770. The molecule has 0 fully saturated rings. The second kappa shape index (κ2) is 7.75. The van der Waals surface area contributed by atoms with Crippen LogP contribution in [0, 0.1) is 5.92 Å². The molecular weight excluding hydrogens is 330 g/mol. The number of rotatable bonds is 6. The predicted octanol–water partition coefficient (Wildman–Crippen LogP) is 4.49. The molecule has 106 valence electrons. The average molecular weight is 349 g/mol. The molecule has 3 nitrogen and oxygen atoms in total. The van der Waals surface area contributed by atoms with Crippen LogP contribution in [0.25, 0.3) is 0 Å². The van der Waals surface area contributed by atoms with Gasteiger partial charge in [-0.1, -0.05) is 31.9 Å². The van der Waals surface area contributed by atoms with Crippen molar-refractivity contribution >= 4 is 39.2 Å². The molecule has 2 atom stereocenters. The molecule has 19 heavy (non-hydrogen) atoms. The van der Waals surface area contributed by atoms with Gasteiger partial charge in [0.25, 0.3) is 0 Å². The van der Waals surface area contributed by atoms with Crippen LogP contribution >= 0.6 is 27.5 Å². The van der Waals surface area contributed by atoms with Crippen molar-refractivity contribution < 1.29 is 9.53 Å². The number of nitrogens with one attached hydrogen (secondary N) is 1. The van der Waals surface area contributed by atoms with E-state index in [1.165, 1.54) is 0 Å². The molecule has 1 aromatic carbocycles. The number of halogens is 2. The Hall–Kier alpha value is -0.740. The lowest BCUT2D eigenvalue weighted by Crippen LogP contribution is -2.37. The zero-order chi connectivity index (χ0) is 14.4. The van der Waals surface area contributed by atoms with Crippen molar-refractivity contribution in [2.75, 3.05) is 11.9 Å². The standard InChI is InChI=1S/C14H19BrClNO2/c1-4-9(3)13(14(18)19-5-2)17-10-6-7-12(16)11(15)8-10/h6-9,13,17H,4-5H2,1-3H3. The highest BCUT2D eigenvalue weighted by atomic mass is 79.9. The molecule has 0 bridgehead atoms. The Morgan fingerprint density at radius 1 is 1.47 bits per heavy atom. The first-order valence-corrected chi connectivity index (χ1v) is 7.54. The summed E-state index contributed by atoms with van der Waals surface area (Å²) in [5, 5.41) is 3.86. The van der Waals surface area contributed by atoms with E-state index in [2.05, 4.69) is 28.2 Å². The monoisotopic (exact) mass is 347 g/mol. The van der Waals surface area contributed by atoms with Crippen molar-refractivity contribution in [3.05, 3.63) is 27.7 Å². The first kappa shape index (κ1) is 16.3. The van der Waals surface area contributed by atoms with Gasteiger partial charge in [-0.15, -0.1) is 0 Å². The Balaban J connectivity index is 2.87. The third-order valence-corrected chi connectivity index (χ3v) is 4.21. The van der Waals surface area contributed by atoms with Gasteiger partial charge in [-0.3, -0.25) is 0 Å². The number of ether oxygens (including phenoxy) is 1. The van der Waals surface area contributed by atoms with Crippen molar-refractivity contribution in [3.63, 3.8) is 0 Å². The fourth-order valence-electron chi connectivity index (χ4n) is 1.67. The Labute approximate surface area is 127 Å². The lowest BCUT2D eigenvalue weighted by molar-refractivity contribution is -0.145. The fourth-order valence-corrected chi connectivity index (χ4v) is 2.16. The van der Waals surface area contributed by atoms with Crippen molar-refractivity contribution in [1.29, 1.82) is 0 Å². The normalized spacial score (nSPS) is 13.7. The fraction of sp³-hybridized carbons (Fsp3) is 0.500. The van der Waals surface area contributed by atoms with Gasteiger partial charge in [0.05, 0.1) is 11.6 Å². The summed E-state index contributed by atoms with van der Waals surface area (Å²) >= 11 is 9.32. The lowest BCUT2D eigenvalue weighted by Gasteiger charge is -2.23. The van der Waals surface area contributed by atoms with E-state index in [1.807, 2.05) is 26.0 Å². The SMILES string of the molecule is CCOC(=O)C(Nc1ccc(Cl)c(Br)c1)C(C)CC. The second-order valence-electron chi connectivity index (χ2n) is 4.39. The third kappa shape index (κ3) is 4.69. The molecule has 1 rings (SSSR count). The van der Waals surface area contributed by atoms with Gasteiger partial charge in [0.2, 0.25) is 0 Å². The van der Waals surface area contributed by atoms with Crippen LogP contribution in [0.1, 0.15) is 27.2 Å². The summed E-state index contributed by atoms with van der Waals surface area (Å²) in [6.45, 7) is 6.28. The Morgan fingerprint density at radius 2 is 2.16 bits per heavy atom. The van der Waals surface area contributed by atoms with E-state index in [-0.39, 0.29) is 17.9 Å². The smallest absolute Gasteiger partial charge is 0.328 e. The van der Waals surface area contributed by atoms with Crippen LogP contribution in [0.2, 0.25) is 5.02 Å². The highest BCUT2D eigenvalue weighted by molar-refractivity contribution is 9.10.